The lowest BCUT2D eigenvalue weighted by Gasteiger charge is -2.57. The van der Waals surface area contributed by atoms with Gasteiger partial charge in [-0.1, -0.05) is 42.5 Å². The lowest BCUT2D eigenvalue weighted by Crippen LogP contribution is -2.65. The van der Waals surface area contributed by atoms with Crippen LogP contribution in [0.15, 0.2) is 48.5 Å². The summed E-state index contributed by atoms with van der Waals surface area (Å²) >= 11 is 0. The third-order valence-electron chi connectivity index (χ3n) is 7.73. The summed E-state index contributed by atoms with van der Waals surface area (Å²) in [7, 11) is 1.73. The van der Waals surface area contributed by atoms with Crippen molar-refractivity contribution in [2.75, 3.05) is 20.2 Å². The number of nitrogens with zero attached hydrogens (tertiary/aromatic N) is 2. The van der Waals surface area contributed by atoms with Crippen LogP contribution in [0.1, 0.15) is 42.4 Å². The molecule has 0 saturated carbocycles. The summed E-state index contributed by atoms with van der Waals surface area (Å²) in [5.41, 5.74) is 3.91. The molecule has 2 bridgehead atoms. The van der Waals surface area contributed by atoms with Crippen molar-refractivity contribution in [1.29, 1.82) is 0 Å². The summed E-state index contributed by atoms with van der Waals surface area (Å²) in [6.07, 6.45) is 5.21. The molecule has 3 heterocycles. The number of fused-ring (bicyclic) bond motifs is 4. The first kappa shape index (κ1) is 20.6. The standard InChI is InChI=1S/C27H34N2O2/c1-19-13-21(11-12-26(19)31-2)16-28-17-22-15-23(18-28)25(14-20-7-4-3-5-8-20)29-24(22)9-6-10-27(29)30/h3-5,7-8,11-13,22-25H,6,9-10,14-18H2,1-2H3/t22-,23+,24+,25+/m1/s1. The lowest BCUT2D eigenvalue weighted by atomic mass is 9.70. The molecule has 5 rings (SSSR count). The quantitative estimate of drug-likeness (QED) is 0.719. The Hall–Kier alpha value is -2.33. The summed E-state index contributed by atoms with van der Waals surface area (Å²) in [6.45, 7) is 5.29. The fourth-order valence-corrected chi connectivity index (χ4v) is 6.42. The van der Waals surface area contributed by atoms with Crippen molar-refractivity contribution in [2.24, 2.45) is 11.8 Å². The van der Waals surface area contributed by atoms with Crippen LogP contribution in [0.5, 0.6) is 5.75 Å². The molecule has 3 aliphatic heterocycles. The third kappa shape index (κ3) is 4.10. The van der Waals surface area contributed by atoms with Gasteiger partial charge in [0.15, 0.2) is 0 Å². The number of benzene rings is 2. The number of rotatable bonds is 5. The van der Waals surface area contributed by atoms with Crippen LogP contribution in [-0.4, -0.2) is 48.0 Å². The first-order valence-corrected chi connectivity index (χ1v) is 11.8. The van der Waals surface area contributed by atoms with Crippen LogP contribution in [0.25, 0.3) is 0 Å². The molecule has 3 saturated heterocycles. The number of methoxy groups -OCH3 is 1. The van der Waals surface area contributed by atoms with E-state index in [9.17, 15) is 4.79 Å². The normalized spacial score (nSPS) is 28.3. The van der Waals surface area contributed by atoms with Gasteiger partial charge in [-0.05, 0) is 67.2 Å². The SMILES string of the molecule is COc1ccc(CN2C[C@H]3C[C@@H](C2)[C@H](Cc2ccccc2)N2C(=O)CCC[C@@H]32)cc1C. The van der Waals surface area contributed by atoms with E-state index in [0.717, 1.165) is 44.6 Å². The van der Waals surface area contributed by atoms with Gasteiger partial charge in [0.1, 0.15) is 5.75 Å². The van der Waals surface area contributed by atoms with Crippen molar-refractivity contribution < 1.29 is 9.53 Å². The molecular weight excluding hydrogens is 384 g/mol. The topological polar surface area (TPSA) is 32.8 Å². The van der Waals surface area contributed by atoms with Gasteiger partial charge in [-0.2, -0.15) is 0 Å². The van der Waals surface area contributed by atoms with Crippen molar-refractivity contribution in [2.45, 2.75) is 57.7 Å². The van der Waals surface area contributed by atoms with E-state index in [1.165, 1.54) is 29.5 Å². The van der Waals surface area contributed by atoms with E-state index in [1.54, 1.807) is 7.11 Å². The summed E-state index contributed by atoms with van der Waals surface area (Å²) in [5.74, 6) is 2.51. The highest BCUT2D eigenvalue weighted by Gasteiger charge is 2.49. The number of aryl methyl sites for hydroxylation is 1. The molecule has 4 heteroatoms. The second-order valence-corrected chi connectivity index (χ2v) is 9.77. The van der Waals surface area contributed by atoms with Crippen molar-refractivity contribution >= 4 is 5.91 Å². The van der Waals surface area contributed by atoms with E-state index in [-0.39, 0.29) is 0 Å². The van der Waals surface area contributed by atoms with E-state index in [1.807, 2.05) is 0 Å². The molecule has 0 radical (unpaired) electrons. The number of hydrogen-bond acceptors (Lipinski definition) is 3. The van der Waals surface area contributed by atoms with Crippen LogP contribution in [0, 0.1) is 18.8 Å². The Labute approximate surface area is 186 Å². The number of ether oxygens (including phenoxy) is 1. The number of carbonyl (C=O) groups is 1. The molecule has 0 spiro atoms. The predicted molar refractivity (Wildman–Crippen MR) is 123 cm³/mol. The summed E-state index contributed by atoms with van der Waals surface area (Å²) in [4.78, 5) is 18.0. The van der Waals surface area contributed by atoms with Crippen LogP contribution < -0.4 is 4.74 Å². The van der Waals surface area contributed by atoms with Crippen LogP contribution >= 0.6 is 0 Å². The second kappa shape index (κ2) is 8.66. The maximum absolute atomic E-state index is 13.0. The Kier molecular flexibility index (Phi) is 5.75. The van der Waals surface area contributed by atoms with Crippen LogP contribution in [0.2, 0.25) is 0 Å². The zero-order valence-corrected chi connectivity index (χ0v) is 18.8. The third-order valence-corrected chi connectivity index (χ3v) is 7.73. The van der Waals surface area contributed by atoms with Crippen molar-refractivity contribution in [3.8, 4) is 5.75 Å². The Bertz CT molecular complexity index is 928. The Balaban J connectivity index is 1.38. The fourth-order valence-electron chi connectivity index (χ4n) is 6.42. The van der Waals surface area contributed by atoms with Gasteiger partial charge in [-0.25, -0.2) is 0 Å². The molecule has 2 aromatic carbocycles. The van der Waals surface area contributed by atoms with Gasteiger partial charge < -0.3 is 9.64 Å². The highest BCUT2D eigenvalue weighted by molar-refractivity contribution is 5.78. The number of likely N-dealkylation sites (tertiary alicyclic amines) is 1. The molecule has 0 N–H and O–H groups in total. The summed E-state index contributed by atoms with van der Waals surface area (Å²) < 4.78 is 5.44. The van der Waals surface area contributed by atoms with Crippen molar-refractivity contribution in [3.05, 3.63) is 65.2 Å². The van der Waals surface area contributed by atoms with Gasteiger partial charge in [-0.3, -0.25) is 9.69 Å². The van der Waals surface area contributed by atoms with Crippen LogP contribution in [0.3, 0.4) is 0 Å². The van der Waals surface area contributed by atoms with E-state index >= 15 is 0 Å². The smallest absolute Gasteiger partial charge is 0.223 e. The monoisotopic (exact) mass is 418 g/mol. The van der Waals surface area contributed by atoms with Gasteiger partial charge >= 0.3 is 0 Å². The van der Waals surface area contributed by atoms with Gasteiger partial charge in [-0.15, -0.1) is 0 Å². The number of amides is 1. The highest BCUT2D eigenvalue weighted by Crippen LogP contribution is 2.43. The summed E-state index contributed by atoms with van der Waals surface area (Å²) in [6, 6.07) is 18.1. The molecule has 3 fully saturated rings. The zero-order chi connectivity index (χ0) is 21.4. The van der Waals surface area contributed by atoms with Crippen LogP contribution in [-0.2, 0) is 17.8 Å². The van der Waals surface area contributed by atoms with Crippen molar-refractivity contribution in [1.82, 2.24) is 9.80 Å². The Morgan fingerprint density at radius 1 is 1.03 bits per heavy atom. The van der Waals surface area contributed by atoms with E-state index in [2.05, 4.69) is 65.3 Å². The summed E-state index contributed by atoms with van der Waals surface area (Å²) in [5, 5.41) is 0. The first-order valence-electron chi connectivity index (χ1n) is 11.8. The zero-order valence-electron chi connectivity index (χ0n) is 18.8. The van der Waals surface area contributed by atoms with Crippen molar-refractivity contribution in [3.63, 3.8) is 0 Å². The first-order chi connectivity index (χ1) is 15.1. The van der Waals surface area contributed by atoms with Crippen LogP contribution in [0.4, 0.5) is 0 Å². The molecule has 2 aromatic rings. The molecule has 0 unspecified atom stereocenters. The molecule has 0 aliphatic carbocycles. The number of hydrogen-bond donors (Lipinski definition) is 0. The molecule has 1 amide bonds. The van der Waals surface area contributed by atoms with E-state index in [0.29, 0.717) is 29.8 Å². The van der Waals surface area contributed by atoms with E-state index < -0.39 is 0 Å². The van der Waals surface area contributed by atoms with E-state index in [4.69, 9.17) is 4.74 Å². The minimum absolute atomic E-state index is 0.330. The number of carbonyl (C=O) groups excluding carboxylic acids is 1. The maximum Gasteiger partial charge on any atom is 0.223 e. The number of piperidine rings is 3. The van der Waals surface area contributed by atoms with Gasteiger partial charge in [0.2, 0.25) is 5.91 Å². The molecular formula is C27H34N2O2. The Morgan fingerprint density at radius 2 is 1.84 bits per heavy atom. The average Bonchev–Trinajstić information content (AvgIpc) is 2.78. The van der Waals surface area contributed by atoms with Gasteiger partial charge in [0.25, 0.3) is 0 Å². The molecule has 4 atom stereocenters. The van der Waals surface area contributed by atoms with Gasteiger partial charge in [0.05, 0.1) is 7.11 Å². The minimum Gasteiger partial charge on any atom is -0.496 e. The molecule has 3 aliphatic rings. The van der Waals surface area contributed by atoms with Gasteiger partial charge in [0, 0.05) is 38.1 Å². The molecule has 4 nitrogen and oxygen atoms in total. The largest absolute Gasteiger partial charge is 0.496 e. The molecule has 31 heavy (non-hydrogen) atoms. The highest BCUT2D eigenvalue weighted by atomic mass is 16.5. The lowest BCUT2D eigenvalue weighted by molar-refractivity contribution is -0.152. The second-order valence-electron chi connectivity index (χ2n) is 9.77. The predicted octanol–water partition coefficient (Wildman–Crippen LogP) is 4.45. The Morgan fingerprint density at radius 3 is 2.61 bits per heavy atom. The maximum atomic E-state index is 13.0. The fraction of sp³-hybridized carbons (Fsp3) is 0.519. The average molecular weight is 419 g/mol. The molecule has 0 aromatic heterocycles. The minimum atomic E-state index is 0.330. The molecule has 164 valence electrons.